The van der Waals surface area contributed by atoms with E-state index < -0.39 is 10.2 Å². The molecule has 11 heteroatoms. The number of nitrogens with zero attached hydrogens (tertiary/aromatic N) is 4. The predicted molar refractivity (Wildman–Crippen MR) is 111 cm³/mol. The van der Waals surface area contributed by atoms with Gasteiger partial charge in [0, 0.05) is 62.8 Å². The maximum Gasteiger partial charge on any atom is 0.282 e. The molecule has 2 saturated heterocycles. The zero-order valence-corrected chi connectivity index (χ0v) is 18.0. The third-order valence-electron chi connectivity index (χ3n) is 5.50. The van der Waals surface area contributed by atoms with Crippen LogP contribution < -0.4 is 5.32 Å². The van der Waals surface area contributed by atoms with Gasteiger partial charge in [-0.1, -0.05) is 0 Å². The number of carbonyl (C=O) groups excluding carboxylic acids is 2. The SMILES string of the molecule is CN1CCN(S(=O)(=O)N2CCN(C(=O)c3ccc4c(c3)NC(=O)CS4)CC2)CC1. The molecule has 9 nitrogen and oxygen atoms in total. The molecule has 158 valence electrons. The molecule has 0 radical (unpaired) electrons. The molecule has 0 unspecified atom stereocenters. The van der Waals surface area contributed by atoms with Gasteiger partial charge in [0.15, 0.2) is 0 Å². The smallest absolute Gasteiger partial charge is 0.282 e. The van der Waals surface area contributed by atoms with E-state index in [-0.39, 0.29) is 24.9 Å². The highest BCUT2D eigenvalue weighted by atomic mass is 32.2. The maximum atomic E-state index is 12.9. The number of nitrogens with one attached hydrogen (secondary N) is 1. The van der Waals surface area contributed by atoms with Crippen LogP contribution in [-0.4, -0.2) is 104 Å². The molecule has 0 bridgehead atoms. The molecule has 0 aromatic heterocycles. The first-order valence-electron chi connectivity index (χ1n) is 9.64. The van der Waals surface area contributed by atoms with Crippen LogP contribution in [0.2, 0.25) is 0 Å². The summed E-state index contributed by atoms with van der Waals surface area (Å²) in [4.78, 5) is 29.2. The van der Waals surface area contributed by atoms with Crippen molar-refractivity contribution in [1.29, 1.82) is 0 Å². The molecule has 2 fully saturated rings. The molecule has 4 rings (SSSR count). The molecular formula is C18H25N5O4S2. The highest BCUT2D eigenvalue weighted by Crippen LogP contribution is 2.32. The number of piperazine rings is 2. The van der Waals surface area contributed by atoms with E-state index in [1.807, 2.05) is 13.1 Å². The topological polar surface area (TPSA) is 93.3 Å². The lowest BCUT2D eigenvalue weighted by Gasteiger charge is -2.39. The zero-order valence-electron chi connectivity index (χ0n) is 16.3. The molecule has 0 atom stereocenters. The number of likely N-dealkylation sites (N-methyl/N-ethyl adjacent to an activating group) is 1. The summed E-state index contributed by atoms with van der Waals surface area (Å²) in [6.07, 6.45) is 0. The van der Waals surface area contributed by atoms with Crippen LogP contribution in [0.3, 0.4) is 0 Å². The van der Waals surface area contributed by atoms with Crippen LogP contribution >= 0.6 is 11.8 Å². The maximum absolute atomic E-state index is 12.9. The van der Waals surface area contributed by atoms with Gasteiger partial charge < -0.3 is 15.1 Å². The second kappa shape index (κ2) is 8.23. The Hall–Kier alpha value is -1.66. The van der Waals surface area contributed by atoms with Gasteiger partial charge in [0.25, 0.3) is 16.1 Å². The predicted octanol–water partition coefficient (Wildman–Crippen LogP) is -0.0192. The number of hydrogen-bond acceptors (Lipinski definition) is 6. The van der Waals surface area contributed by atoms with Gasteiger partial charge in [0.05, 0.1) is 11.4 Å². The lowest BCUT2D eigenvalue weighted by Crippen LogP contribution is -2.57. The fourth-order valence-electron chi connectivity index (χ4n) is 3.70. The highest BCUT2D eigenvalue weighted by molar-refractivity contribution is 8.00. The van der Waals surface area contributed by atoms with E-state index in [0.717, 1.165) is 18.0 Å². The molecule has 1 N–H and O–H groups in total. The van der Waals surface area contributed by atoms with E-state index in [4.69, 9.17) is 0 Å². The van der Waals surface area contributed by atoms with Gasteiger partial charge in [0.2, 0.25) is 5.91 Å². The number of anilines is 1. The van der Waals surface area contributed by atoms with Crippen LogP contribution in [0, 0.1) is 0 Å². The van der Waals surface area contributed by atoms with Crippen molar-refractivity contribution in [2.75, 3.05) is 70.5 Å². The summed E-state index contributed by atoms with van der Waals surface area (Å²) in [6.45, 7) is 3.73. The number of carbonyl (C=O) groups is 2. The minimum atomic E-state index is -3.49. The fraction of sp³-hybridized carbons (Fsp3) is 0.556. The standard InChI is InChI=1S/C18H25N5O4S2/c1-20-4-8-22(9-5-20)29(26,27)23-10-6-21(7-11-23)18(25)14-2-3-16-15(12-14)19-17(24)13-28-16/h2-3,12H,4-11,13H2,1H3,(H,19,24). The first kappa shape index (κ1) is 20.6. The molecule has 3 aliphatic rings. The molecule has 29 heavy (non-hydrogen) atoms. The first-order chi connectivity index (χ1) is 13.8. The molecular weight excluding hydrogens is 414 g/mol. The van der Waals surface area contributed by atoms with E-state index >= 15 is 0 Å². The van der Waals surface area contributed by atoms with Gasteiger partial charge in [-0.15, -0.1) is 11.8 Å². The Bertz CT molecular complexity index is 907. The molecule has 1 aromatic rings. The van der Waals surface area contributed by atoms with Crippen LogP contribution in [0.25, 0.3) is 0 Å². The summed E-state index contributed by atoms with van der Waals surface area (Å²) in [5.74, 6) is 0.161. The zero-order chi connectivity index (χ0) is 20.6. The Labute approximate surface area is 175 Å². The minimum Gasteiger partial charge on any atom is -0.336 e. The molecule has 2 amide bonds. The quantitative estimate of drug-likeness (QED) is 0.712. The van der Waals surface area contributed by atoms with Gasteiger partial charge in [-0.05, 0) is 25.2 Å². The van der Waals surface area contributed by atoms with Crippen molar-refractivity contribution in [3.8, 4) is 0 Å². The normalized spacial score (nSPS) is 22.2. The van der Waals surface area contributed by atoms with E-state index in [1.54, 1.807) is 17.0 Å². The van der Waals surface area contributed by atoms with Crippen molar-refractivity contribution in [3.63, 3.8) is 0 Å². The summed E-state index contributed by atoms with van der Waals surface area (Å²) < 4.78 is 28.8. The molecule has 0 aliphatic carbocycles. The largest absolute Gasteiger partial charge is 0.336 e. The number of benzene rings is 1. The Morgan fingerprint density at radius 1 is 1.00 bits per heavy atom. The van der Waals surface area contributed by atoms with Crippen LogP contribution in [-0.2, 0) is 15.0 Å². The number of amides is 2. The molecule has 3 aliphatic heterocycles. The minimum absolute atomic E-state index is 0.0742. The fourth-order valence-corrected chi connectivity index (χ4v) is 6.07. The number of fused-ring (bicyclic) bond motifs is 1. The summed E-state index contributed by atoms with van der Waals surface area (Å²) in [5, 5.41) is 2.80. The van der Waals surface area contributed by atoms with Gasteiger partial charge in [-0.2, -0.15) is 17.0 Å². The summed E-state index contributed by atoms with van der Waals surface area (Å²) in [7, 11) is -1.50. The second-order valence-electron chi connectivity index (χ2n) is 7.45. The Kier molecular flexibility index (Phi) is 5.85. The lowest BCUT2D eigenvalue weighted by atomic mass is 10.1. The molecule has 1 aromatic carbocycles. The summed E-state index contributed by atoms with van der Waals surface area (Å²) in [6, 6.07) is 5.31. The van der Waals surface area contributed by atoms with Gasteiger partial charge >= 0.3 is 0 Å². The lowest BCUT2D eigenvalue weighted by molar-refractivity contribution is -0.113. The highest BCUT2D eigenvalue weighted by Gasteiger charge is 2.35. The first-order valence-corrected chi connectivity index (χ1v) is 12.0. The second-order valence-corrected chi connectivity index (χ2v) is 10.4. The van der Waals surface area contributed by atoms with Crippen LogP contribution in [0.4, 0.5) is 5.69 Å². The van der Waals surface area contributed by atoms with Crippen molar-refractivity contribution < 1.29 is 18.0 Å². The van der Waals surface area contributed by atoms with Gasteiger partial charge in [0.1, 0.15) is 0 Å². The van der Waals surface area contributed by atoms with E-state index in [1.165, 1.54) is 20.4 Å². The van der Waals surface area contributed by atoms with Crippen molar-refractivity contribution in [3.05, 3.63) is 23.8 Å². The van der Waals surface area contributed by atoms with Gasteiger partial charge in [-0.3, -0.25) is 9.59 Å². The third-order valence-corrected chi connectivity index (χ3v) is 8.61. The molecule has 0 saturated carbocycles. The Morgan fingerprint density at radius 3 is 2.28 bits per heavy atom. The van der Waals surface area contributed by atoms with E-state index in [0.29, 0.717) is 43.2 Å². The van der Waals surface area contributed by atoms with Crippen molar-refractivity contribution in [2.45, 2.75) is 4.90 Å². The molecule has 3 heterocycles. The van der Waals surface area contributed by atoms with E-state index in [9.17, 15) is 18.0 Å². The Morgan fingerprint density at radius 2 is 1.62 bits per heavy atom. The third kappa shape index (κ3) is 4.29. The van der Waals surface area contributed by atoms with Crippen LogP contribution in [0.15, 0.2) is 23.1 Å². The van der Waals surface area contributed by atoms with Crippen LogP contribution in [0.1, 0.15) is 10.4 Å². The number of rotatable bonds is 3. The monoisotopic (exact) mass is 439 g/mol. The average Bonchev–Trinajstić information content (AvgIpc) is 2.73. The number of thioether (sulfide) groups is 1. The van der Waals surface area contributed by atoms with Gasteiger partial charge in [-0.25, -0.2) is 0 Å². The van der Waals surface area contributed by atoms with Crippen molar-refractivity contribution in [1.82, 2.24) is 18.4 Å². The molecule has 0 spiro atoms. The van der Waals surface area contributed by atoms with Crippen LogP contribution in [0.5, 0.6) is 0 Å². The average molecular weight is 440 g/mol. The van der Waals surface area contributed by atoms with E-state index in [2.05, 4.69) is 10.2 Å². The summed E-state index contributed by atoms with van der Waals surface area (Å²) in [5.41, 5.74) is 1.16. The summed E-state index contributed by atoms with van der Waals surface area (Å²) >= 11 is 1.45. The Balaban J connectivity index is 1.39. The number of hydrogen-bond donors (Lipinski definition) is 1. The van der Waals surface area contributed by atoms with Crippen molar-refractivity contribution >= 4 is 39.5 Å². The van der Waals surface area contributed by atoms with Crippen molar-refractivity contribution in [2.24, 2.45) is 0 Å².